The van der Waals surface area contributed by atoms with Crippen molar-refractivity contribution >= 4 is 5.97 Å². The van der Waals surface area contributed by atoms with Crippen LogP contribution in [0.5, 0.6) is 5.75 Å². The first-order valence-corrected chi connectivity index (χ1v) is 13.4. The van der Waals surface area contributed by atoms with Crippen LogP contribution in [-0.4, -0.2) is 39.0 Å². The molecule has 0 spiro atoms. The molecular weight excluding hydrogens is 478 g/mol. The molecule has 2 aliphatic carbocycles. The number of rotatable bonds is 9. The van der Waals surface area contributed by atoms with Crippen molar-refractivity contribution in [3.05, 3.63) is 77.9 Å². The third kappa shape index (κ3) is 5.55. The molecule has 0 amide bonds. The van der Waals surface area contributed by atoms with E-state index >= 15 is 0 Å². The van der Waals surface area contributed by atoms with E-state index in [0.717, 1.165) is 29.0 Å². The molecule has 5 N–H and O–H groups in total. The van der Waals surface area contributed by atoms with E-state index in [1.54, 1.807) is 17.9 Å². The standard InChI is InChI=1S/C30H37N5O3/c1-19(20-8-4-3-5-9-20)38-24-13-7-11-22(15-24)21-10-6-12-23(14-21)35-29(27(17-33-35)30(36)37)26-16-25(26)28(31)18-34(2)32/h6-7,10-15,17-20,25-26H,3-5,8-9,16,31-32H2,1-2H3,(H,36,37)/b28-18-/t19?,25?,26-/m1/s1. The van der Waals surface area contributed by atoms with E-state index in [1.807, 2.05) is 36.4 Å². The van der Waals surface area contributed by atoms with Crippen LogP contribution >= 0.6 is 0 Å². The molecule has 3 atom stereocenters. The number of ether oxygens (including phenoxy) is 1. The Balaban J connectivity index is 1.41. The minimum Gasteiger partial charge on any atom is -0.490 e. The van der Waals surface area contributed by atoms with Gasteiger partial charge >= 0.3 is 5.97 Å². The van der Waals surface area contributed by atoms with Crippen LogP contribution in [0.1, 0.15) is 67.4 Å². The second-order valence-corrected chi connectivity index (χ2v) is 10.7. The summed E-state index contributed by atoms with van der Waals surface area (Å²) in [5.41, 5.74) is 10.6. The van der Waals surface area contributed by atoms with Gasteiger partial charge in [-0.1, -0.05) is 43.5 Å². The summed E-state index contributed by atoms with van der Waals surface area (Å²) in [5.74, 6) is 6.19. The van der Waals surface area contributed by atoms with Crippen molar-refractivity contribution in [3.63, 3.8) is 0 Å². The Morgan fingerprint density at radius 2 is 1.87 bits per heavy atom. The number of carboxylic acid groups (broad SMARTS) is 1. The van der Waals surface area contributed by atoms with Crippen molar-refractivity contribution in [2.24, 2.45) is 23.4 Å². The molecule has 2 unspecified atom stereocenters. The lowest BCUT2D eigenvalue weighted by molar-refractivity contribution is 0.0695. The zero-order valence-electron chi connectivity index (χ0n) is 22.1. The first-order chi connectivity index (χ1) is 18.3. The van der Waals surface area contributed by atoms with E-state index in [9.17, 15) is 9.90 Å². The van der Waals surface area contributed by atoms with Crippen LogP contribution in [0.25, 0.3) is 16.8 Å². The van der Waals surface area contributed by atoms with Crippen molar-refractivity contribution < 1.29 is 14.6 Å². The molecule has 1 aromatic heterocycles. The first kappa shape index (κ1) is 25.9. The maximum atomic E-state index is 12.0. The monoisotopic (exact) mass is 515 g/mol. The van der Waals surface area contributed by atoms with Crippen LogP contribution in [-0.2, 0) is 0 Å². The van der Waals surface area contributed by atoms with Crippen molar-refractivity contribution in [2.75, 3.05) is 7.05 Å². The number of carbonyl (C=O) groups is 1. The maximum absolute atomic E-state index is 12.0. The molecule has 0 bridgehead atoms. The summed E-state index contributed by atoms with van der Waals surface area (Å²) >= 11 is 0. The molecule has 1 heterocycles. The lowest BCUT2D eigenvalue weighted by Crippen LogP contribution is -2.25. The van der Waals surface area contributed by atoms with E-state index in [1.165, 1.54) is 43.3 Å². The van der Waals surface area contributed by atoms with Crippen molar-refractivity contribution in [3.8, 4) is 22.6 Å². The van der Waals surface area contributed by atoms with E-state index in [-0.39, 0.29) is 23.5 Å². The van der Waals surface area contributed by atoms with Crippen LogP contribution in [0.3, 0.4) is 0 Å². The molecule has 5 rings (SSSR count). The van der Waals surface area contributed by atoms with Gasteiger partial charge in [0.25, 0.3) is 0 Å². The topological polar surface area (TPSA) is 120 Å². The van der Waals surface area contributed by atoms with Gasteiger partial charge in [0.1, 0.15) is 11.3 Å². The minimum atomic E-state index is -0.997. The molecule has 8 heteroatoms. The highest BCUT2D eigenvalue weighted by atomic mass is 16.5. The molecule has 0 aliphatic heterocycles. The maximum Gasteiger partial charge on any atom is 0.339 e. The fourth-order valence-electron chi connectivity index (χ4n) is 5.76. The first-order valence-electron chi connectivity index (χ1n) is 13.4. The normalized spacial score (nSPS) is 20.7. The average Bonchev–Trinajstić information content (AvgIpc) is 3.58. The summed E-state index contributed by atoms with van der Waals surface area (Å²) in [5, 5.41) is 15.8. The SMILES string of the molecule is CC(Oc1cccc(-c2cccc(-n3ncc(C(=O)O)c3[C@@H]3CC3/C(N)=C/N(C)N)c2)c1)C1CCCCC1. The number of nitrogens with two attached hydrogens (primary N) is 2. The molecule has 0 saturated heterocycles. The molecule has 3 aromatic rings. The number of carboxylic acids is 1. The Hall–Kier alpha value is -3.78. The molecule has 2 saturated carbocycles. The summed E-state index contributed by atoms with van der Waals surface area (Å²) < 4.78 is 8.11. The predicted octanol–water partition coefficient (Wildman–Crippen LogP) is 5.29. The Kier molecular flexibility index (Phi) is 7.42. The molecule has 2 aromatic carbocycles. The van der Waals surface area contributed by atoms with Gasteiger partial charge in [-0.15, -0.1) is 0 Å². The molecule has 200 valence electrons. The summed E-state index contributed by atoms with van der Waals surface area (Å²) in [7, 11) is 1.71. The molecule has 8 nitrogen and oxygen atoms in total. The largest absolute Gasteiger partial charge is 0.490 e. The van der Waals surface area contributed by atoms with Crippen LogP contribution in [0.2, 0.25) is 0 Å². The van der Waals surface area contributed by atoms with Gasteiger partial charge in [-0.2, -0.15) is 5.10 Å². The van der Waals surface area contributed by atoms with Gasteiger partial charge in [0.05, 0.1) is 23.7 Å². The summed E-state index contributed by atoms with van der Waals surface area (Å²) in [4.78, 5) is 12.0. The van der Waals surface area contributed by atoms with Gasteiger partial charge in [0.2, 0.25) is 0 Å². The number of hydrogen-bond acceptors (Lipinski definition) is 6. The van der Waals surface area contributed by atoms with Crippen LogP contribution in [0.15, 0.2) is 66.6 Å². The molecule has 38 heavy (non-hydrogen) atoms. The second-order valence-electron chi connectivity index (χ2n) is 10.7. The Bertz CT molecular complexity index is 1320. The van der Waals surface area contributed by atoms with E-state index < -0.39 is 5.97 Å². The van der Waals surface area contributed by atoms with Gasteiger partial charge in [0, 0.05) is 30.8 Å². The Morgan fingerprint density at radius 3 is 2.58 bits per heavy atom. The van der Waals surface area contributed by atoms with Crippen molar-refractivity contribution in [2.45, 2.75) is 57.5 Å². The Morgan fingerprint density at radius 1 is 1.16 bits per heavy atom. The van der Waals surface area contributed by atoms with Gasteiger partial charge in [-0.3, -0.25) is 0 Å². The van der Waals surface area contributed by atoms with Gasteiger partial charge in [-0.05, 0) is 67.5 Å². The summed E-state index contributed by atoms with van der Waals surface area (Å²) in [6, 6.07) is 16.2. The number of hydrogen-bond donors (Lipinski definition) is 3. The highest BCUT2D eigenvalue weighted by Crippen LogP contribution is 2.51. The van der Waals surface area contributed by atoms with E-state index in [4.69, 9.17) is 16.3 Å². The smallest absolute Gasteiger partial charge is 0.339 e. The van der Waals surface area contributed by atoms with Crippen LogP contribution in [0.4, 0.5) is 0 Å². The zero-order valence-corrected chi connectivity index (χ0v) is 22.1. The third-order valence-electron chi connectivity index (χ3n) is 7.85. The number of allylic oxidation sites excluding steroid dienone is 1. The number of benzene rings is 2. The zero-order chi connectivity index (χ0) is 26.8. The second kappa shape index (κ2) is 10.9. The quantitative estimate of drug-likeness (QED) is 0.261. The number of aromatic nitrogens is 2. The lowest BCUT2D eigenvalue weighted by atomic mass is 9.86. The number of nitrogens with zero attached hydrogens (tertiary/aromatic N) is 3. The minimum absolute atomic E-state index is 0.0257. The van der Waals surface area contributed by atoms with Gasteiger partial charge < -0.3 is 20.6 Å². The summed E-state index contributed by atoms with van der Waals surface area (Å²) in [6.45, 7) is 2.18. The Labute approximate surface area is 223 Å². The lowest BCUT2D eigenvalue weighted by Gasteiger charge is -2.28. The summed E-state index contributed by atoms with van der Waals surface area (Å²) in [6.07, 6.45) is 10.4. The highest BCUT2D eigenvalue weighted by Gasteiger charge is 2.45. The number of hydrazine groups is 1. The molecular formula is C30H37N5O3. The van der Waals surface area contributed by atoms with Gasteiger partial charge in [-0.25, -0.2) is 15.3 Å². The predicted molar refractivity (Wildman–Crippen MR) is 148 cm³/mol. The fraction of sp³-hybridized carbons (Fsp3) is 0.400. The van der Waals surface area contributed by atoms with E-state index in [2.05, 4.69) is 24.2 Å². The van der Waals surface area contributed by atoms with Crippen LogP contribution in [0, 0.1) is 11.8 Å². The molecule has 2 aliphatic rings. The number of aromatic carboxylic acids is 1. The molecule has 0 radical (unpaired) electrons. The highest BCUT2D eigenvalue weighted by molar-refractivity contribution is 5.89. The molecule has 2 fully saturated rings. The van der Waals surface area contributed by atoms with Gasteiger partial charge in [0.15, 0.2) is 0 Å². The fourth-order valence-corrected chi connectivity index (χ4v) is 5.76. The van der Waals surface area contributed by atoms with Crippen LogP contribution < -0.4 is 16.3 Å². The van der Waals surface area contributed by atoms with Crippen molar-refractivity contribution in [1.29, 1.82) is 0 Å². The third-order valence-corrected chi connectivity index (χ3v) is 7.85. The van der Waals surface area contributed by atoms with Crippen molar-refractivity contribution in [1.82, 2.24) is 14.8 Å². The average molecular weight is 516 g/mol. The van der Waals surface area contributed by atoms with E-state index in [0.29, 0.717) is 17.3 Å².